The second kappa shape index (κ2) is 10.1. The lowest BCUT2D eigenvalue weighted by Crippen LogP contribution is -2.69. The molecule has 10 nitrogen and oxygen atoms in total. The van der Waals surface area contributed by atoms with Gasteiger partial charge in [0.15, 0.2) is 6.04 Å². The van der Waals surface area contributed by atoms with Crippen molar-refractivity contribution < 1.29 is 38.9 Å². The van der Waals surface area contributed by atoms with Gasteiger partial charge in [0.05, 0.1) is 13.2 Å². The number of nitrogens with zero attached hydrogens (tertiary/aromatic N) is 1. The Bertz CT molecular complexity index is 1250. The molecule has 1 amide bonds. The van der Waals surface area contributed by atoms with Gasteiger partial charge in [-0.25, -0.2) is 0 Å². The second-order valence-electron chi connectivity index (χ2n) is 10.0. The number of amides is 1. The number of hydroxylamine groups is 2. The van der Waals surface area contributed by atoms with Crippen LogP contribution in [0.3, 0.4) is 0 Å². The van der Waals surface area contributed by atoms with Gasteiger partial charge in [-0.15, -0.1) is 0 Å². The zero-order valence-electron chi connectivity index (χ0n) is 20.7. The van der Waals surface area contributed by atoms with Crippen LogP contribution in [0, 0.1) is 5.41 Å². The number of esters is 1. The van der Waals surface area contributed by atoms with E-state index in [0.717, 1.165) is 16.7 Å². The average molecular weight is 523 g/mol. The first-order chi connectivity index (χ1) is 18.5. The smallest absolute Gasteiger partial charge is 0.327 e. The fraction of sp³-hybridized carbons (Fsp3) is 0.429. The summed E-state index contributed by atoms with van der Waals surface area (Å²) in [6.07, 6.45) is 2.30. The number of carbonyl (C=O) groups is 2. The summed E-state index contributed by atoms with van der Waals surface area (Å²) in [4.78, 5) is 33.3. The number of aromatic hydroxyl groups is 1. The lowest BCUT2D eigenvalue weighted by atomic mass is 9.62. The minimum atomic E-state index is -1.24. The molecule has 2 aromatic carbocycles. The number of allylic oxidation sites excluding steroid dienone is 1. The Labute approximate surface area is 219 Å². The van der Waals surface area contributed by atoms with Crippen molar-refractivity contribution in [1.29, 1.82) is 0 Å². The summed E-state index contributed by atoms with van der Waals surface area (Å²) >= 11 is 0. The maximum absolute atomic E-state index is 13.6. The Hall–Kier alpha value is -3.28. The summed E-state index contributed by atoms with van der Waals surface area (Å²) in [5.74, 6) is -0.659. The molecule has 0 aromatic heterocycles. The molecule has 2 aromatic rings. The molecule has 0 radical (unpaired) electrons. The number of rotatable bonds is 8. The van der Waals surface area contributed by atoms with Crippen LogP contribution >= 0.6 is 0 Å². The summed E-state index contributed by atoms with van der Waals surface area (Å²) in [7, 11) is 0. The van der Waals surface area contributed by atoms with Crippen LogP contribution in [0.15, 0.2) is 54.6 Å². The Morgan fingerprint density at radius 3 is 2.68 bits per heavy atom. The molecule has 1 saturated carbocycles. The number of para-hydroxylation sites is 1. The van der Waals surface area contributed by atoms with Gasteiger partial charge in [0.2, 0.25) is 5.91 Å². The summed E-state index contributed by atoms with van der Waals surface area (Å²) < 4.78 is 17.3. The topological polar surface area (TPSA) is 127 Å². The first-order valence-electron chi connectivity index (χ1n) is 12.8. The number of aliphatic hydroxyl groups excluding tert-OH is 1. The molecule has 200 valence electrons. The molecule has 10 heteroatoms. The first kappa shape index (κ1) is 25.0. The van der Waals surface area contributed by atoms with Gasteiger partial charge in [-0.1, -0.05) is 54.6 Å². The number of fused-ring (bicyclic) bond motifs is 4. The highest BCUT2D eigenvalue weighted by molar-refractivity contribution is 5.93. The number of phenolic OH excluding ortho intramolecular Hbond substituents is 1. The Kier molecular flexibility index (Phi) is 6.67. The number of hydrogen-bond donors (Lipinski definition) is 3. The predicted octanol–water partition coefficient (Wildman–Crippen LogP) is 1.30. The molecule has 4 aliphatic rings. The molecule has 38 heavy (non-hydrogen) atoms. The average Bonchev–Trinajstić information content (AvgIpc) is 3.54. The lowest BCUT2D eigenvalue weighted by molar-refractivity contribution is -0.201. The third-order valence-corrected chi connectivity index (χ3v) is 7.90. The summed E-state index contributed by atoms with van der Waals surface area (Å²) in [6.45, 7) is 0.107. The van der Waals surface area contributed by atoms with Gasteiger partial charge >= 0.3 is 5.97 Å². The Balaban J connectivity index is 1.29. The molecule has 3 N–H and O–H groups in total. The highest BCUT2D eigenvalue weighted by Crippen LogP contribution is 2.55. The summed E-state index contributed by atoms with van der Waals surface area (Å²) in [5.41, 5.74) is 1.39. The van der Waals surface area contributed by atoms with Crippen molar-refractivity contribution in [2.24, 2.45) is 5.41 Å². The standard InChI is InChI=1S/C28H30N2O8/c31-13-12-29-27(34)28-14-21-22-23(36-16-35-22)25(28)38-30(24(28)26(33)37-21)15-19-8-2-1-6-17(19)9-5-10-18-7-3-4-11-20(18)32/h1-9,11,21-25,31-32H,10,12-16H2,(H,29,34). The fourth-order valence-electron chi connectivity index (χ4n) is 6.17. The largest absolute Gasteiger partial charge is 0.508 e. The van der Waals surface area contributed by atoms with E-state index in [4.69, 9.17) is 19.0 Å². The van der Waals surface area contributed by atoms with Crippen molar-refractivity contribution in [3.05, 3.63) is 71.3 Å². The third-order valence-electron chi connectivity index (χ3n) is 7.90. The number of nitrogens with one attached hydrogen (secondary N) is 1. The predicted molar refractivity (Wildman–Crippen MR) is 133 cm³/mol. The van der Waals surface area contributed by atoms with Gasteiger partial charge < -0.3 is 29.7 Å². The van der Waals surface area contributed by atoms with Crippen molar-refractivity contribution in [3.63, 3.8) is 0 Å². The Morgan fingerprint density at radius 1 is 1.11 bits per heavy atom. The molecule has 0 spiro atoms. The van der Waals surface area contributed by atoms with Crippen molar-refractivity contribution >= 4 is 18.0 Å². The zero-order chi connectivity index (χ0) is 26.3. The van der Waals surface area contributed by atoms with E-state index in [1.54, 1.807) is 17.2 Å². The minimum Gasteiger partial charge on any atom is -0.508 e. The van der Waals surface area contributed by atoms with E-state index in [0.29, 0.717) is 6.42 Å². The Morgan fingerprint density at radius 2 is 1.87 bits per heavy atom. The van der Waals surface area contributed by atoms with Crippen LogP contribution in [-0.4, -0.2) is 77.6 Å². The van der Waals surface area contributed by atoms with Gasteiger partial charge in [-0.3, -0.25) is 14.4 Å². The number of phenols is 1. The molecule has 1 aliphatic carbocycles. The van der Waals surface area contributed by atoms with Crippen LogP contribution in [0.5, 0.6) is 5.75 Å². The van der Waals surface area contributed by atoms with Crippen LogP contribution in [-0.2, 0) is 41.6 Å². The van der Waals surface area contributed by atoms with E-state index < -0.39 is 41.8 Å². The summed E-state index contributed by atoms with van der Waals surface area (Å²) in [6, 6.07) is 13.9. The van der Waals surface area contributed by atoms with E-state index in [-0.39, 0.29) is 44.6 Å². The zero-order valence-corrected chi connectivity index (χ0v) is 20.7. The van der Waals surface area contributed by atoms with E-state index in [1.807, 2.05) is 48.6 Å². The van der Waals surface area contributed by atoms with Crippen molar-refractivity contribution in [3.8, 4) is 5.75 Å². The number of aliphatic hydroxyl groups is 1. The molecular formula is C28H30N2O8. The van der Waals surface area contributed by atoms with Gasteiger partial charge in [-0.2, -0.15) is 5.06 Å². The summed E-state index contributed by atoms with van der Waals surface area (Å²) in [5, 5.41) is 23.7. The second-order valence-corrected chi connectivity index (χ2v) is 10.0. The number of ether oxygens (including phenoxy) is 3. The van der Waals surface area contributed by atoms with Crippen LogP contribution < -0.4 is 5.32 Å². The quantitative estimate of drug-likeness (QED) is 0.440. The van der Waals surface area contributed by atoms with E-state index in [2.05, 4.69) is 5.32 Å². The van der Waals surface area contributed by atoms with Crippen molar-refractivity contribution in [2.45, 2.75) is 49.8 Å². The minimum absolute atomic E-state index is 0.0346. The van der Waals surface area contributed by atoms with Gasteiger partial charge in [0.1, 0.15) is 42.4 Å². The number of hydrogen-bond acceptors (Lipinski definition) is 9. The van der Waals surface area contributed by atoms with Crippen LogP contribution in [0.4, 0.5) is 0 Å². The normalized spacial score (nSPS) is 31.8. The maximum Gasteiger partial charge on any atom is 0.327 e. The molecule has 3 aliphatic heterocycles. The van der Waals surface area contributed by atoms with Crippen LogP contribution in [0.25, 0.3) is 6.08 Å². The molecule has 6 atom stereocenters. The lowest BCUT2D eigenvalue weighted by Gasteiger charge is -2.48. The molecule has 2 bridgehead atoms. The molecule has 3 heterocycles. The molecule has 4 fully saturated rings. The van der Waals surface area contributed by atoms with Gasteiger partial charge in [0, 0.05) is 13.0 Å². The number of carbonyl (C=O) groups excluding carboxylic acids is 2. The fourth-order valence-corrected chi connectivity index (χ4v) is 6.17. The monoisotopic (exact) mass is 522 g/mol. The molecule has 3 saturated heterocycles. The number of benzene rings is 2. The third kappa shape index (κ3) is 4.09. The van der Waals surface area contributed by atoms with Gasteiger partial charge in [0.25, 0.3) is 0 Å². The van der Waals surface area contributed by atoms with E-state index >= 15 is 0 Å². The van der Waals surface area contributed by atoms with E-state index in [9.17, 15) is 19.8 Å². The van der Waals surface area contributed by atoms with Crippen LogP contribution in [0.2, 0.25) is 0 Å². The molecular weight excluding hydrogens is 492 g/mol. The van der Waals surface area contributed by atoms with Crippen molar-refractivity contribution in [2.75, 3.05) is 19.9 Å². The van der Waals surface area contributed by atoms with Gasteiger partial charge in [-0.05, 0) is 29.2 Å². The molecule has 6 rings (SSSR count). The molecule has 6 unspecified atom stereocenters. The first-order valence-corrected chi connectivity index (χ1v) is 12.8. The highest BCUT2D eigenvalue weighted by atomic mass is 16.8. The van der Waals surface area contributed by atoms with Crippen molar-refractivity contribution in [1.82, 2.24) is 10.4 Å². The van der Waals surface area contributed by atoms with Crippen LogP contribution in [0.1, 0.15) is 23.1 Å². The highest BCUT2D eigenvalue weighted by Gasteiger charge is 2.74. The van der Waals surface area contributed by atoms with E-state index in [1.165, 1.54) is 0 Å². The maximum atomic E-state index is 13.6. The SMILES string of the molecule is O=C1OC2CC3(C(=O)NCCO)C(ON(Cc4ccccc4C=CCc4ccccc4O)C13)C1OCOC21.